The molecule has 2 aromatic rings. The van der Waals surface area contributed by atoms with Crippen LogP contribution in [0.15, 0.2) is 35.5 Å². The molecule has 11 heteroatoms. The van der Waals surface area contributed by atoms with Crippen LogP contribution in [0, 0.1) is 32.7 Å². The summed E-state index contributed by atoms with van der Waals surface area (Å²) in [6.45, 7) is 7.29. The van der Waals surface area contributed by atoms with Crippen LogP contribution < -0.4 is 14.5 Å². The van der Waals surface area contributed by atoms with E-state index in [1.807, 2.05) is 22.6 Å². The number of nitrogens with zero attached hydrogens (tertiary/aromatic N) is 2. The largest absolute Gasteiger partial charge is 0.490 e. The van der Waals surface area contributed by atoms with Gasteiger partial charge in [0, 0.05) is 0 Å². The molecule has 0 atom stereocenters. The Kier molecular flexibility index (Phi) is 7.40. The lowest BCUT2D eigenvalue weighted by atomic mass is 10.1. The zero-order chi connectivity index (χ0) is 24.4. The molecule has 3 rings (SSSR count). The summed E-state index contributed by atoms with van der Waals surface area (Å²) < 4.78 is 80.9. The minimum Gasteiger partial charge on any atom is -0.490 e. The lowest BCUT2D eigenvalue weighted by Gasteiger charge is -2.15. The van der Waals surface area contributed by atoms with Gasteiger partial charge in [0.15, 0.2) is 34.8 Å². The van der Waals surface area contributed by atoms with Crippen LogP contribution in [0.25, 0.3) is 6.08 Å². The second kappa shape index (κ2) is 9.89. The summed E-state index contributed by atoms with van der Waals surface area (Å²) >= 11 is 2.01. The average Bonchev–Trinajstić information content (AvgIpc) is 3.04. The Hall–Kier alpha value is -2.96. The summed E-state index contributed by atoms with van der Waals surface area (Å²) in [7, 11) is 0. The third kappa shape index (κ3) is 4.59. The van der Waals surface area contributed by atoms with Crippen LogP contribution in [0.2, 0.25) is 0 Å². The molecule has 174 valence electrons. The van der Waals surface area contributed by atoms with E-state index < -0.39 is 40.7 Å². The highest BCUT2D eigenvalue weighted by atomic mass is 127. The molecule has 0 N–H and O–H groups in total. The van der Waals surface area contributed by atoms with Crippen LogP contribution in [0.4, 0.5) is 27.6 Å². The van der Waals surface area contributed by atoms with E-state index in [0.717, 1.165) is 0 Å². The van der Waals surface area contributed by atoms with Crippen LogP contribution in [0.1, 0.15) is 19.4 Å². The summed E-state index contributed by atoms with van der Waals surface area (Å²) in [5.41, 5.74) is -1.07. The van der Waals surface area contributed by atoms with Gasteiger partial charge in [0.05, 0.1) is 21.5 Å². The quantitative estimate of drug-likeness (QED) is 0.105. The number of hydrazone groups is 1. The van der Waals surface area contributed by atoms with Crippen molar-refractivity contribution in [2.24, 2.45) is 5.10 Å². The molecule has 0 spiro atoms. The predicted molar refractivity (Wildman–Crippen MR) is 121 cm³/mol. The van der Waals surface area contributed by atoms with Gasteiger partial charge in [-0.2, -0.15) is 10.1 Å². The van der Waals surface area contributed by atoms with Gasteiger partial charge in [0.25, 0.3) is 5.91 Å². The number of rotatable bonds is 7. The van der Waals surface area contributed by atoms with Crippen LogP contribution in [-0.2, 0) is 4.79 Å². The van der Waals surface area contributed by atoms with Crippen molar-refractivity contribution in [2.45, 2.75) is 13.8 Å². The van der Waals surface area contributed by atoms with E-state index in [0.29, 0.717) is 27.2 Å². The van der Waals surface area contributed by atoms with Gasteiger partial charge < -0.3 is 9.47 Å². The van der Waals surface area contributed by atoms with Crippen LogP contribution in [-0.4, -0.2) is 24.8 Å². The minimum atomic E-state index is -2.33. The Morgan fingerprint density at radius 1 is 1.06 bits per heavy atom. The molecule has 0 saturated carbocycles. The van der Waals surface area contributed by atoms with Gasteiger partial charge in [0.2, 0.25) is 5.82 Å². The van der Waals surface area contributed by atoms with E-state index in [-0.39, 0.29) is 22.9 Å². The Balaban J connectivity index is 2.06. The third-order valence-corrected chi connectivity index (χ3v) is 5.25. The van der Waals surface area contributed by atoms with Gasteiger partial charge in [-0.25, -0.2) is 22.0 Å². The number of ether oxygens (including phenoxy) is 2. The summed E-state index contributed by atoms with van der Waals surface area (Å²) in [5, 5.41) is 3.88. The molecule has 2 aromatic carbocycles. The maximum atomic E-state index is 14.2. The third-order valence-electron chi connectivity index (χ3n) is 4.45. The van der Waals surface area contributed by atoms with Gasteiger partial charge in [-0.15, -0.1) is 0 Å². The Morgan fingerprint density at radius 2 is 1.67 bits per heavy atom. The number of hydrogen-bond donors (Lipinski definition) is 0. The first-order chi connectivity index (χ1) is 15.6. The molecule has 1 aliphatic rings. The van der Waals surface area contributed by atoms with Crippen LogP contribution >= 0.6 is 22.6 Å². The van der Waals surface area contributed by atoms with Crippen molar-refractivity contribution in [1.82, 2.24) is 0 Å². The molecule has 1 heterocycles. The molecular formula is C22H16F5IN2O3. The molecule has 0 aliphatic carbocycles. The number of hydrogen-bond acceptors (Lipinski definition) is 4. The fourth-order valence-electron chi connectivity index (χ4n) is 3.00. The molecule has 0 aromatic heterocycles. The zero-order valence-electron chi connectivity index (χ0n) is 17.3. The SMILES string of the molecule is C=CCOc1c(I)cc(/C=C2\C(=O)N(c3c(F)c(F)c(F)c(F)c3F)N=C2C)cc1OCC. The Morgan fingerprint density at radius 3 is 2.24 bits per heavy atom. The summed E-state index contributed by atoms with van der Waals surface area (Å²) in [5.74, 6) is -11.2. The smallest absolute Gasteiger partial charge is 0.280 e. The van der Waals surface area contributed by atoms with Crippen LogP contribution in [0.5, 0.6) is 11.5 Å². The van der Waals surface area contributed by atoms with E-state index in [4.69, 9.17) is 9.47 Å². The van der Waals surface area contributed by atoms with Gasteiger partial charge in [-0.05, 0) is 60.2 Å². The molecule has 0 fully saturated rings. The van der Waals surface area contributed by atoms with E-state index in [2.05, 4.69) is 11.7 Å². The zero-order valence-corrected chi connectivity index (χ0v) is 19.5. The number of carbonyl (C=O) groups is 1. The summed E-state index contributed by atoms with van der Waals surface area (Å²) in [4.78, 5) is 12.8. The van der Waals surface area contributed by atoms with Crippen molar-refractivity contribution >= 4 is 46.0 Å². The van der Waals surface area contributed by atoms with Crippen molar-refractivity contribution < 1.29 is 36.2 Å². The highest BCUT2D eigenvalue weighted by Crippen LogP contribution is 2.37. The monoisotopic (exact) mass is 578 g/mol. The Labute approximate surface area is 199 Å². The van der Waals surface area contributed by atoms with Gasteiger partial charge >= 0.3 is 0 Å². The van der Waals surface area contributed by atoms with E-state index in [9.17, 15) is 26.7 Å². The van der Waals surface area contributed by atoms with Crippen LogP contribution in [0.3, 0.4) is 0 Å². The van der Waals surface area contributed by atoms with Crippen molar-refractivity contribution in [3.8, 4) is 11.5 Å². The topological polar surface area (TPSA) is 51.1 Å². The summed E-state index contributed by atoms with van der Waals surface area (Å²) in [6.07, 6.45) is 2.93. The highest BCUT2D eigenvalue weighted by molar-refractivity contribution is 14.1. The highest BCUT2D eigenvalue weighted by Gasteiger charge is 2.37. The van der Waals surface area contributed by atoms with Crippen molar-refractivity contribution in [3.63, 3.8) is 0 Å². The fourth-order valence-corrected chi connectivity index (χ4v) is 3.78. The van der Waals surface area contributed by atoms with Crippen molar-refractivity contribution in [2.75, 3.05) is 18.2 Å². The molecular weight excluding hydrogens is 562 g/mol. The first-order valence-corrected chi connectivity index (χ1v) is 10.5. The van der Waals surface area contributed by atoms with E-state index >= 15 is 0 Å². The number of halogens is 6. The van der Waals surface area contributed by atoms with Crippen molar-refractivity contribution in [1.29, 1.82) is 0 Å². The predicted octanol–water partition coefficient (Wildman–Crippen LogP) is 5.76. The summed E-state index contributed by atoms with van der Waals surface area (Å²) in [6, 6.07) is 3.24. The average molecular weight is 578 g/mol. The molecule has 0 unspecified atom stereocenters. The number of anilines is 1. The van der Waals surface area contributed by atoms with Gasteiger partial charge in [-0.3, -0.25) is 4.79 Å². The van der Waals surface area contributed by atoms with Crippen molar-refractivity contribution in [3.05, 3.63) is 68.6 Å². The first-order valence-electron chi connectivity index (χ1n) is 9.45. The second-order valence-electron chi connectivity index (χ2n) is 6.64. The molecule has 33 heavy (non-hydrogen) atoms. The second-order valence-corrected chi connectivity index (χ2v) is 7.80. The molecule has 0 radical (unpaired) electrons. The maximum Gasteiger partial charge on any atom is 0.280 e. The molecule has 0 saturated heterocycles. The minimum absolute atomic E-state index is 0.0175. The lowest BCUT2D eigenvalue weighted by molar-refractivity contribution is -0.114. The maximum absolute atomic E-state index is 14.2. The lowest BCUT2D eigenvalue weighted by Crippen LogP contribution is -2.25. The molecule has 5 nitrogen and oxygen atoms in total. The fraction of sp³-hybridized carbons (Fsp3) is 0.182. The first kappa shape index (κ1) is 24.7. The number of amides is 1. The molecule has 0 bridgehead atoms. The molecule has 1 amide bonds. The molecule has 1 aliphatic heterocycles. The number of carbonyl (C=O) groups excluding carboxylic acids is 1. The normalized spacial score (nSPS) is 14.7. The Bertz CT molecular complexity index is 1180. The van der Waals surface area contributed by atoms with Gasteiger partial charge in [0.1, 0.15) is 12.3 Å². The number of benzene rings is 2. The van der Waals surface area contributed by atoms with Gasteiger partial charge in [-0.1, -0.05) is 12.7 Å². The van der Waals surface area contributed by atoms with E-state index in [1.54, 1.807) is 25.1 Å². The van der Waals surface area contributed by atoms with E-state index in [1.165, 1.54) is 13.0 Å². The standard InChI is InChI=1S/C22H16F5IN2O3/c1-4-6-33-21-13(28)8-11(9-14(21)32-5-2)7-12-10(3)29-30(22(12)31)20-18(26)16(24)15(23)17(25)19(20)27/h4,7-9H,1,5-6H2,2-3H3/b12-7-.